The highest BCUT2D eigenvalue weighted by Crippen LogP contribution is 2.42. The van der Waals surface area contributed by atoms with Crippen LogP contribution in [0.2, 0.25) is 0 Å². The number of imidazole rings is 2. The number of hydrogen-bond donors (Lipinski definition) is 2. The molecule has 2 amide bonds. The van der Waals surface area contributed by atoms with Crippen LogP contribution in [-0.4, -0.2) is 72.1 Å². The van der Waals surface area contributed by atoms with Crippen LogP contribution in [0.5, 0.6) is 0 Å². The predicted octanol–water partition coefficient (Wildman–Crippen LogP) is 7.92. The third-order valence-corrected chi connectivity index (χ3v) is 8.59. The lowest BCUT2D eigenvalue weighted by Gasteiger charge is -2.34. The van der Waals surface area contributed by atoms with Gasteiger partial charge in [-0.25, -0.2) is 28.3 Å². The first-order valence-electron chi connectivity index (χ1n) is 16.5. The van der Waals surface area contributed by atoms with Gasteiger partial charge >= 0.3 is 12.2 Å². The Morgan fingerprint density at radius 2 is 1.59 bits per heavy atom. The van der Waals surface area contributed by atoms with Crippen molar-refractivity contribution in [1.29, 1.82) is 0 Å². The van der Waals surface area contributed by atoms with Crippen LogP contribution in [0.1, 0.15) is 96.5 Å². The first-order valence-corrected chi connectivity index (χ1v) is 16.5. The molecule has 0 spiro atoms. The average Bonchev–Trinajstić information content (AvgIpc) is 3.79. The van der Waals surface area contributed by atoms with Crippen molar-refractivity contribution in [2.45, 2.75) is 96.4 Å². The number of carbonyl (C=O) groups excluding carboxylic acids is 2. The summed E-state index contributed by atoms with van der Waals surface area (Å²) in [6, 6.07) is 12.2. The molecule has 2 aliphatic rings. The van der Waals surface area contributed by atoms with Gasteiger partial charge in [-0.3, -0.25) is 9.80 Å². The van der Waals surface area contributed by atoms with Crippen LogP contribution in [0, 0.1) is 11.8 Å². The maximum absolute atomic E-state index is 14.5. The lowest BCUT2D eigenvalue weighted by atomic mass is 9.98. The largest absolute Gasteiger partial charge is 0.444 e. The molecule has 12 heteroatoms. The van der Waals surface area contributed by atoms with E-state index in [4.69, 9.17) is 14.5 Å². The van der Waals surface area contributed by atoms with Crippen LogP contribution in [0.4, 0.5) is 18.4 Å². The number of hydrogen-bond acceptors (Lipinski definition) is 6. The summed E-state index contributed by atoms with van der Waals surface area (Å²) in [5, 5.41) is 0. The highest BCUT2D eigenvalue weighted by Gasteiger charge is 2.50. The number of likely N-dealkylation sites (tertiary alicyclic amines) is 2. The van der Waals surface area contributed by atoms with Crippen LogP contribution in [0.15, 0.2) is 48.7 Å². The van der Waals surface area contributed by atoms with E-state index in [9.17, 15) is 18.4 Å². The molecule has 0 saturated carbocycles. The lowest BCUT2D eigenvalue weighted by molar-refractivity contribution is -0.00248. The van der Waals surface area contributed by atoms with Gasteiger partial charge in [0, 0.05) is 35.9 Å². The van der Waals surface area contributed by atoms with Crippen LogP contribution >= 0.6 is 0 Å². The van der Waals surface area contributed by atoms with Gasteiger partial charge in [0.2, 0.25) is 0 Å². The normalized spacial score (nSPS) is 20.7. The maximum Gasteiger partial charge on any atom is 0.411 e. The van der Waals surface area contributed by atoms with E-state index in [1.54, 1.807) is 37.8 Å². The molecule has 2 N–H and O–H groups in total. The SMILES string of the molecule is CC(C)(C)OC(=O)N1CC(F)(F)C[C@H]1c1nc2cc(C#Cc3ccc(-c4c[nH]c([C@@]5(C)CCCN5C(=O)OC(C)(C)C)n4)cc3)ccc2[nH]1. The fourth-order valence-corrected chi connectivity index (χ4v) is 6.27. The van der Waals surface area contributed by atoms with E-state index in [1.807, 2.05) is 64.2 Å². The van der Waals surface area contributed by atoms with Gasteiger partial charge in [0.15, 0.2) is 0 Å². The molecule has 0 radical (unpaired) electrons. The fraction of sp³-hybridized carbons (Fsp3) is 0.459. The zero-order valence-corrected chi connectivity index (χ0v) is 28.9. The van der Waals surface area contributed by atoms with E-state index < -0.39 is 47.8 Å². The van der Waals surface area contributed by atoms with E-state index >= 15 is 0 Å². The van der Waals surface area contributed by atoms with E-state index in [0.717, 1.165) is 34.6 Å². The standard InChI is InChI=1S/C37H42F2N6O4/c1-34(2,3)48-32(46)44-22-37(38,39)20-29(44)30-41-26-16-13-24(19-27(26)42-30)10-9-23-11-14-25(15-12-23)28-21-40-31(43-28)36(7)17-8-18-45(36)33(47)49-35(4,5)6/h11-16,19,21,29H,8,17-18,20,22H2,1-7H3,(H,40,43)(H,41,42)/t29-,36+/m0/s1. The van der Waals surface area contributed by atoms with Crippen molar-refractivity contribution >= 4 is 23.2 Å². The smallest absolute Gasteiger partial charge is 0.411 e. The minimum Gasteiger partial charge on any atom is -0.444 e. The van der Waals surface area contributed by atoms with Gasteiger partial charge in [-0.15, -0.1) is 0 Å². The van der Waals surface area contributed by atoms with Crippen molar-refractivity contribution < 1.29 is 27.8 Å². The zero-order valence-electron chi connectivity index (χ0n) is 28.9. The molecule has 2 aromatic heterocycles. The minimum absolute atomic E-state index is 0.278. The van der Waals surface area contributed by atoms with Gasteiger partial charge in [-0.2, -0.15) is 0 Å². The Bertz CT molecular complexity index is 1940. The van der Waals surface area contributed by atoms with Crippen molar-refractivity contribution in [3.05, 3.63) is 71.4 Å². The zero-order chi connectivity index (χ0) is 35.4. The molecular weight excluding hydrogens is 630 g/mol. The average molecular weight is 673 g/mol. The van der Waals surface area contributed by atoms with E-state index in [1.165, 1.54) is 0 Å². The molecule has 2 aromatic carbocycles. The molecular formula is C37H42F2N6O4. The van der Waals surface area contributed by atoms with Crippen LogP contribution in [0.3, 0.4) is 0 Å². The molecule has 2 atom stereocenters. The van der Waals surface area contributed by atoms with Gasteiger partial charge in [-0.05, 0) is 91.6 Å². The van der Waals surface area contributed by atoms with Crippen molar-refractivity contribution in [3.8, 4) is 23.1 Å². The number of nitrogens with one attached hydrogen (secondary N) is 2. The molecule has 0 aliphatic carbocycles. The molecule has 6 rings (SSSR count). The van der Waals surface area contributed by atoms with Crippen molar-refractivity contribution in [1.82, 2.24) is 29.7 Å². The number of nitrogens with zero attached hydrogens (tertiary/aromatic N) is 4. The Balaban J connectivity index is 1.16. The molecule has 0 bridgehead atoms. The molecule has 4 aromatic rings. The quantitative estimate of drug-likeness (QED) is 0.214. The molecule has 49 heavy (non-hydrogen) atoms. The van der Waals surface area contributed by atoms with Crippen LogP contribution in [-0.2, 0) is 15.0 Å². The summed E-state index contributed by atoms with van der Waals surface area (Å²) in [5.41, 5.74) is 2.38. The highest BCUT2D eigenvalue weighted by molar-refractivity contribution is 5.78. The summed E-state index contributed by atoms with van der Waals surface area (Å²) in [6.07, 6.45) is 1.80. The van der Waals surface area contributed by atoms with Gasteiger partial charge in [0.05, 0.1) is 29.3 Å². The van der Waals surface area contributed by atoms with E-state index in [-0.39, 0.29) is 11.9 Å². The number of H-pyrrole nitrogens is 2. The molecule has 4 heterocycles. The van der Waals surface area contributed by atoms with Crippen molar-refractivity contribution in [2.75, 3.05) is 13.1 Å². The Kier molecular flexibility index (Phi) is 8.45. The van der Waals surface area contributed by atoms with Crippen molar-refractivity contribution in [2.24, 2.45) is 0 Å². The summed E-state index contributed by atoms with van der Waals surface area (Å²) in [4.78, 5) is 44.3. The third-order valence-electron chi connectivity index (χ3n) is 8.59. The van der Waals surface area contributed by atoms with Gasteiger partial charge in [0.1, 0.15) is 28.4 Å². The Hall–Kier alpha value is -4.92. The number of aromatic amines is 2. The highest BCUT2D eigenvalue weighted by atomic mass is 19.3. The van der Waals surface area contributed by atoms with Crippen molar-refractivity contribution in [3.63, 3.8) is 0 Å². The van der Waals surface area contributed by atoms with E-state index in [2.05, 4.69) is 26.8 Å². The molecule has 2 fully saturated rings. The Labute approximate surface area is 284 Å². The van der Waals surface area contributed by atoms with Gasteiger partial charge in [-0.1, -0.05) is 24.0 Å². The van der Waals surface area contributed by atoms with Crippen LogP contribution < -0.4 is 0 Å². The maximum atomic E-state index is 14.5. The first kappa shape index (κ1) is 34.0. The molecule has 258 valence electrons. The second-order valence-corrected chi connectivity index (χ2v) is 15.0. The number of benzene rings is 2. The number of fused-ring (bicyclic) bond motifs is 1. The molecule has 0 unspecified atom stereocenters. The topological polar surface area (TPSA) is 116 Å². The number of ether oxygens (including phenoxy) is 2. The lowest BCUT2D eigenvalue weighted by Crippen LogP contribution is -2.46. The number of halogens is 2. The Morgan fingerprint density at radius 1 is 0.939 bits per heavy atom. The summed E-state index contributed by atoms with van der Waals surface area (Å²) >= 11 is 0. The summed E-state index contributed by atoms with van der Waals surface area (Å²) in [5.74, 6) is 4.26. The Morgan fingerprint density at radius 3 is 2.29 bits per heavy atom. The van der Waals surface area contributed by atoms with E-state index in [0.29, 0.717) is 29.0 Å². The second-order valence-electron chi connectivity index (χ2n) is 15.0. The van der Waals surface area contributed by atoms with Gasteiger partial charge in [0.25, 0.3) is 5.92 Å². The second kappa shape index (κ2) is 12.2. The fourth-order valence-electron chi connectivity index (χ4n) is 6.27. The number of rotatable bonds is 3. The number of amides is 2. The molecule has 2 saturated heterocycles. The predicted molar refractivity (Wildman–Crippen MR) is 181 cm³/mol. The molecule has 2 aliphatic heterocycles. The summed E-state index contributed by atoms with van der Waals surface area (Å²) in [6.45, 7) is 12.6. The van der Waals surface area contributed by atoms with Crippen LogP contribution in [0.25, 0.3) is 22.3 Å². The monoisotopic (exact) mass is 672 g/mol. The molecule has 10 nitrogen and oxygen atoms in total. The number of alkyl halides is 2. The first-order chi connectivity index (χ1) is 22.9. The number of aromatic nitrogens is 4. The minimum atomic E-state index is -3.05. The van der Waals surface area contributed by atoms with Gasteiger partial charge < -0.3 is 19.4 Å². The number of carbonyl (C=O) groups is 2. The third kappa shape index (κ3) is 7.41. The summed E-state index contributed by atoms with van der Waals surface area (Å²) in [7, 11) is 0. The summed E-state index contributed by atoms with van der Waals surface area (Å²) < 4.78 is 40.0.